The van der Waals surface area contributed by atoms with Crippen molar-refractivity contribution in [2.24, 2.45) is 5.92 Å². The molecule has 4 heterocycles. The first kappa shape index (κ1) is 28.7. The van der Waals surface area contributed by atoms with Gasteiger partial charge in [-0.25, -0.2) is 14.8 Å². The lowest BCUT2D eigenvalue weighted by Gasteiger charge is -2.37. The number of anilines is 1. The van der Waals surface area contributed by atoms with Gasteiger partial charge in [0.05, 0.1) is 34.5 Å². The zero-order valence-corrected chi connectivity index (χ0v) is 25.6. The smallest absolute Gasteiger partial charge is 0.410 e. The minimum atomic E-state index is -0.608. The second kappa shape index (κ2) is 11.4. The lowest BCUT2D eigenvalue weighted by Crippen LogP contribution is -2.48. The van der Waals surface area contributed by atoms with Crippen LogP contribution in [0.25, 0.3) is 17.2 Å². The van der Waals surface area contributed by atoms with Gasteiger partial charge in [-0.15, -0.1) is 0 Å². The average molecular weight is 613 g/mol. The molecular weight excluding hydrogens is 577 g/mol. The van der Waals surface area contributed by atoms with Crippen molar-refractivity contribution in [1.29, 1.82) is 0 Å². The van der Waals surface area contributed by atoms with Crippen LogP contribution in [0, 0.1) is 5.92 Å². The van der Waals surface area contributed by atoms with Crippen LogP contribution in [-0.2, 0) is 22.6 Å². The number of fused-ring (bicyclic) bond motifs is 1. The lowest BCUT2D eigenvalue weighted by atomic mass is 9.84. The second-order valence-electron chi connectivity index (χ2n) is 12.3. The first-order chi connectivity index (χ1) is 20.1. The van der Waals surface area contributed by atoms with E-state index in [1.165, 1.54) is 0 Å². The number of likely N-dealkylation sites (tertiary alicyclic amines) is 1. The van der Waals surface area contributed by atoms with Crippen molar-refractivity contribution in [3.05, 3.63) is 51.9 Å². The van der Waals surface area contributed by atoms with E-state index in [0.29, 0.717) is 47.3 Å². The molecule has 2 fully saturated rings. The molecule has 1 atom stereocenters. The topological polar surface area (TPSA) is 105 Å². The molecule has 42 heavy (non-hydrogen) atoms. The van der Waals surface area contributed by atoms with E-state index in [0.717, 1.165) is 55.6 Å². The summed E-state index contributed by atoms with van der Waals surface area (Å²) >= 11 is 12.6. The van der Waals surface area contributed by atoms with Crippen molar-refractivity contribution >= 4 is 41.2 Å². The maximum atomic E-state index is 12.9. The number of imidazole rings is 1. The third-order valence-corrected chi connectivity index (χ3v) is 8.70. The normalized spacial score (nSPS) is 18.9. The number of ether oxygens (including phenoxy) is 1. The molecule has 222 valence electrons. The number of amides is 2. The predicted octanol–water partition coefficient (Wildman–Crippen LogP) is 6.09. The van der Waals surface area contributed by atoms with Gasteiger partial charge in [0.25, 0.3) is 0 Å². The Hall–Kier alpha value is -3.37. The van der Waals surface area contributed by atoms with Gasteiger partial charge < -0.3 is 15.0 Å². The quantitative estimate of drug-likeness (QED) is 0.372. The first-order valence-corrected chi connectivity index (χ1v) is 15.2. The number of piperidine rings is 1. The highest BCUT2D eigenvalue weighted by atomic mass is 35.5. The number of nitrogens with one attached hydrogen (secondary N) is 1. The van der Waals surface area contributed by atoms with E-state index in [1.807, 2.05) is 42.4 Å². The molecule has 0 radical (unpaired) electrons. The molecule has 3 aliphatic rings. The fourth-order valence-electron chi connectivity index (χ4n) is 5.67. The van der Waals surface area contributed by atoms with Gasteiger partial charge in [-0.3, -0.25) is 14.3 Å². The maximum Gasteiger partial charge on any atom is 0.410 e. The first-order valence-electron chi connectivity index (χ1n) is 14.5. The van der Waals surface area contributed by atoms with Crippen molar-refractivity contribution in [1.82, 2.24) is 29.3 Å². The second-order valence-corrected chi connectivity index (χ2v) is 13.1. The van der Waals surface area contributed by atoms with Crippen LogP contribution in [0.1, 0.15) is 64.3 Å². The average Bonchev–Trinajstić information content (AvgIpc) is 3.47. The fourth-order valence-corrected chi connectivity index (χ4v) is 5.97. The van der Waals surface area contributed by atoms with Crippen LogP contribution >= 0.6 is 23.2 Å². The molecule has 3 aromatic rings. The number of carbonyl (C=O) groups excluding carboxylic acids is 2. The lowest BCUT2D eigenvalue weighted by molar-refractivity contribution is -0.139. The number of benzene rings is 1. The molecule has 2 aromatic heterocycles. The molecule has 1 saturated heterocycles. The summed E-state index contributed by atoms with van der Waals surface area (Å²) in [5.74, 6) is 2.18. The molecule has 6 rings (SSSR count). The van der Waals surface area contributed by atoms with E-state index in [2.05, 4.69) is 10.3 Å². The van der Waals surface area contributed by atoms with Crippen LogP contribution in [0.3, 0.4) is 0 Å². The monoisotopic (exact) mass is 611 g/mol. The van der Waals surface area contributed by atoms with Crippen molar-refractivity contribution in [2.45, 2.75) is 77.6 Å². The van der Waals surface area contributed by atoms with Crippen molar-refractivity contribution in [3.63, 3.8) is 0 Å². The van der Waals surface area contributed by atoms with Crippen LogP contribution in [0.4, 0.5) is 10.7 Å². The third kappa shape index (κ3) is 5.92. The minimum absolute atomic E-state index is 0.0590. The number of aromatic nitrogens is 4. The standard InChI is InChI=1S/C30H35Cl2N7O3/c1-30(2,3)42-29(41)38-16-23-24(17-38)39(26(35-23)19-9-10-21(31)22(32)14-19)25-11-12-33-28(36-25)34-20-8-5-13-37(15-20)27(40)18-6-4-7-18/h9-12,14,18,20H,4-8,13,15-17H2,1-3H3,(H,33,34,36)/t20-/m0/s1. The number of halogens is 2. The molecule has 1 aliphatic carbocycles. The molecular formula is C30H35Cl2N7O3. The van der Waals surface area contributed by atoms with Gasteiger partial charge in [0.1, 0.15) is 17.2 Å². The van der Waals surface area contributed by atoms with Gasteiger partial charge in [-0.1, -0.05) is 29.6 Å². The molecule has 1 N–H and O–H groups in total. The molecule has 1 aromatic carbocycles. The summed E-state index contributed by atoms with van der Waals surface area (Å²) in [7, 11) is 0. The van der Waals surface area contributed by atoms with Crippen molar-refractivity contribution < 1.29 is 14.3 Å². The molecule has 12 heteroatoms. The van der Waals surface area contributed by atoms with Crippen molar-refractivity contribution in [3.8, 4) is 17.2 Å². The molecule has 0 spiro atoms. The van der Waals surface area contributed by atoms with Gasteiger partial charge >= 0.3 is 6.09 Å². The Morgan fingerprint density at radius 1 is 1.00 bits per heavy atom. The Balaban J connectivity index is 1.29. The molecule has 2 amide bonds. The Bertz CT molecular complexity index is 1510. The van der Waals surface area contributed by atoms with E-state index in [-0.39, 0.29) is 17.9 Å². The molecule has 2 aliphatic heterocycles. The minimum Gasteiger partial charge on any atom is -0.444 e. The SMILES string of the molecule is CC(C)(C)OC(=O)N1Cc2nc(-c3ccc(Cl)c(Cl)c3)n(-c3ccnc(N[C@H]4CCCN(C(=O)C5CCC5)C4)n3)c2C1. The summed E-state index contributed by atoms with van der Waals surface area (Å²) in [5.41, 5.74) is 1.75. The van der Waals surface area contributed by atoms with Gasteiger partial charge in [0.15, 0.2) is 0 Å². The fraction of sp³-hybridized carbons (Fsp3) is 0.500. The summed E-state index contributed by atoms with van der Waals surface area (Å²) in [4.78, 5) is 43.7. The highest BCUT2D eigenvalue weighted by molar-refractivity contribution is 6.42. The summed E-state index contributed by atoms with van der Waals surface area (Å²) in [6, 6.07) is 7.26. The molecule has 10 nitrogen and oxygen atoms in total. The number of hydrogen-bond donors (Lipinski definition) is 1. The Morgan fingerprint density at radius 2 is 1.81 bits per heavy atom. The molecule has 0 unspecified atom stereocenters. The van der Waals surface area contributed by atoms with Crippen molar-refractivity contribution in [2.75, 3.05) is 18.4 Å². The van der Waals surface area contributed by atoms with E-state index in [1.54, 1.807) is 23.2 Å². The largest absolute Gasteiger partial charge is 0.444 e. The molecule has 0 bridgehead atoms. The Labute approximate surface area is 255 Å². The van der Waals surface area contributed by atoms with Crippen LogP contribution in [0.15, 0.2) is 30.5 Å². The van der Waals surface area contributed by atoms with Crippen LogP contribution in [0.2, 0.25) is 10.0 Å². The van der Waals surface area contributed by atoms with Gasteiger partial charge in [0, 0.05) is 36.8 Å². The summed E-state index contributed by atoms with van der Waals surface area (Å²) in [6.45, 7) is 7.61. The number of rotatable bonds is 5. The number of carbonyl (C=O) groups is 2. The summed E-state index contributed by atoms with van der Waals surface area (Å²) in [6.07, 6.45) is 6.32. The summed E-state index contributed by atoms with van der Waals surface area (Å²) in [5, 5.41) is 4.34. The van der Waals surface area contributed by atoms with E-state index in [4.69, 9.17) is 37.9 Å². The Kier molecular flexibility index (Phi) is 7.78. The van der Waals surface area contributed by atoms with Gasteiger partial charge in [-0.05, 0) is 70.7 Å². The van der Waals surface area contributed by atoms with Gasteiger partial charge in [-0.2, -0.15) is 4.98 Å². The third-order valence-electron chi connectivity index (χ3n) is 7.96. The van der Waals surface area contributed by atoms with Crippen LogP contribution < -0.4 is 5.32 Å². The summed E-state index contributed by atoms with van der Waals surface area (Å²) < 4.78 is 7.56. The highest BCUT2D eigenvalue weighted by Crippen LogP contribution is 2.35. The zero-order chi connectivity index (χ0) is 29.6. The van der Waals surface area contributed by atoms with E-state index >= 15 is 0 Å². The zero-order valence-electron chi connectivity index (χ0n) is 24.1. The maximum absolute atomic E-state index is 12.9. The highest BCUT2D eigenvalue weighted by Gasteiger charge is 2.35. The number of nitrogens with zero attached hydrogens (tertiary/aromatic N) is 6. The van der Waals surface area contributed by atoms with Gasteiger partial charge in [0.2, 0.25) is 11.9 Å². The van der Waals surface area contributed by atoms with Crippen LogP contribution in [-0.4, -0.2) is 66.1 Å². The Morgan fingerprint density at radius 3 is 2.52 bits per heavy atom. The van der Waals surface area contributed by atoms with E-state index in [9.17, 15) is 9.59 Å². The number of hydrogen-bond acceptors (Lipinski definition) is 7. The predicted molar refractivity (Wildman–Crippen MR) is 161 cm³/mol. The van der Waals surface area contributed by atoms with Crippen LogP contribution in [0.5, 0.6) is 0 Å². The molecule has 1 saturated carbocycles. The van der Waals surface area contributed by atoms with E-state index < -0.39 is 11.7 Å².